The van der Waals surface area contributed by atoms with E-state index in [9.17, 15) is 4.79 Å². The van der Waals surface area contributed by atoms with E-state index in [4.69, 9.17) is 5.26 Å². The number of aromatic nitrogens is 2. The largest absolute Gasteiger partial charge is 0.345 e. The molecule has 2 aromatic heterocycles. The van der Waals surface area contributed by atoms with Crippen LogP contribution in [0.4, 0.5) is 0 Å². The van der Waals surface area contributed by atoms with Crippen molar-refractivity contribution < 1.29 is 4.79 Å². The molecule has 0 bridgehead atoms. The smallest absolute Gasteiger partial charge is 0.270 e. The van der Waals surface area contributed by atoms with Crippen LogP contribution in [0.5, 0.6) is 0 Å². The van der Waals surface area contributed by atoms with Gasteiger partial charge < -0.3 is 5.32 Å². The van der Waals surface area contributed by atoms with Gasteiger partial charge in [-0.15, -0.1) is 0 Å². The fourth-order valence-corrected chi connectivity index (χ4v) is 1.57. The van der Waals surface area contributed by atoms with Gasteiger partial charge in [-0.05, 0) is 31.2 Å². The number of hydrogen-bond donors (Lipinski definition) is 1. The number of rotatable bonds is 3. The van der Waals surface area contributed by atoms with E-state index >= 15 is 0 Å². The van der Waals surface area contributed by atoms with Crippen molar-refractivity contribution in [3.63, 3.8) is 0 Å². The summed E-state index contributed by atoms with van der Waals surface area (Å²) < 4.78 is 0. The maximum Gasteiger partial charge on any atom is 0.270 e. The predicted octanol–water partition coefficient (Wildman–Crippen LogP) is 1.59. The van der Waals surface area contributed by atoms with Crippen LogP contribution in [0.25, 0.3) is 0 Å². The number of aryl methyl sites for hydroxylation is 1. The molecule has 0 spiro atoms. The van der Waals surface area contributed by atoms with Gasteiger partial charge in [0.1, 0.15) is 11.8 Å². The molecular weight excluding hydrogens is 240 g/mol. The maximum atomic E-state index is 11.9. The van der Waals surface area contributed by atoms with Crippen LogP contribution >= 0.6 is 0 Å². The Labute approximate surface area is 110 Å². The minimum Gasteiger partial charge on any atom is -0.345 e. The zero-order valence-corrected chi connectivity index (χ0v) is 10.4. The second-order valence-electron chi connectivity index (χ2n) is 3.95. The van der Waals surface area contributed by atoms with Crippen LogP contribution in [0.1, 0.15) is 27.4 Å². The van der Waals surface area contributed by atoms with E-state index in [1.54, 1.807) is 25.3 Å². The number of amides is 1. The zero-order valence-electron chi connectivity index (χ0n) is 10.4. The molecule has 0 fully saturated rings. The molecule has 5 nitrogen and oxygen atoms in total. The van der Waals surface area contributed by atoms with Crippen molar-refractivity contribution >= 4 is 5.91 Å². The third kappa shape index (κ3) is 3.13. The number of pyridine rings is 2. The number of nitrogens with zero attached hydrogens (tertiary/aromatic N) is 3. The highest BCUT2D eigenvalue weighted by atomic mass is 16.1. The summed E-state index contributed by atoms with van der Waals surface area (Å²) >= 11 is 0. The molecule has 0 aliphatic carbocycles. The van der Waals surface area contributed by atoms with Crippen molar-refractivity contribution in [2.45, 2.75) is 13.5 Å². The van der Waals surface area contributed by atoms with Crippen molar-refractivity contribution in [1.82, 2.24) is 15.3 Å². The normalized spacial score (nSPS) is 9.68. The Morgan fingerprint density at radius 1 is 1.37 bits per heavy atom. The first kappa shape index (κ1) is 12.7. The molecule has 0 saturated heterocycles. The van der Waals surface area contributed by atoms with Crippen molar-refractivity contribution in [3.05, 3.63) is 59.2 Å². The first-order valence-electron chi connectivity index (χ1n) is 5.76. The molecule has 0 atom stereocenters. The minimum atomic E-state index is -0.279. The van der Waals surface area contributed by atoms with E-state index in [-0.39, 0.29) is 5.91 Å². The van der Waals surface area contributed by atoms with E-state index in [1.807, 2.05) is 24.3 Å². The van der Waals surface area contributed by atoms with E-state index in [0.29, 0.717) is 23.5 Å². The molecular formula is C14H12N4O. The fourth-order valence-electron chi connectivity index (χ4n) is 1.57. The molecule has 0 saturated carbocycles. The number of nitriles is 1. The summed E-state index contributed by atoms with van der Waals surface area (Å²) in [5.41, 5.74) is 2.10. The van der Waals surface area contributed by atoms with Crippen LogP contribution in [0.15, 0.2) is 36.5 Å². The lowest BCUT2D eigenvalue weighted by Gasteiger charge is -2.05. The number of carbonyl (C=O) groups is 1. The Morgan fingerprint density at radius 2 is 2.21 bits per heavy atom. The molecule has 94 valence electrons. The molecule has 1 amide bonds. The van der Waals surface area contributed by atoms with Crippen molar-refractivity contribution in [2.24, 2.45) is 0 Å². The van der Waals surface area contributed by atoms with Gasteiger partial charge >= 0.3 is 0 Å². The van der Waals surface area contributed by atoms with Crippen molar-refractivity contribution in [1.29, 1.82) is 5.26 Å². The lowest BCUT2D eigenvalue weighted by atomic mass is 10.2. The highest BCUT2D eigenvalue weighted by Gasteiger charge is 2.09. The molecule has 0 aliphatic rings. The predicted molar refractivity (Wildman–Crippen MR) is 69.1 cm³/mol. The van der Waals surface area contributed by atoms with Gasteiger partial charge in [-0.1, -0.05) is 6.07 Å². The molecule has 0 unspecified atom stereocenters. The van der Waals surface area contributed by atoms with Gasteiger partial charge in [-0.2, -0.15) is 5.26 Å². The Morgan fingerprint density at radius 3 is 2.84 bits per heavy atom. The average Bonchev–Trinajstić information content (AvgIpc) is 2.45. The molecule has 0 aliphatic heterocycles. The highest BCUT2D eigenvalue weighted by Crippen LogP contribution is 2.05. The molecule has 1 N–H and O–H groups in total. The lowest BCUT2D eigenvalue weighted by Crippen LogP contribution is -2.24. The second-order valence-corrected chi connectivity index (χ2v) is 3.95. The molecule has 0 aromatic carbocycles. The summed E-state index contributed by atoms with van der Waals surface area (Å²) in [5, 5.41) is 11.5. The van der Waals surface area contributed by atoms with E-state index in [2.05, 4.69) is 15.3 Å². The Balaban J connectivity index is 2.05. The topological polar surface area (TPSA) is 78.7 Å². The van der Waals surface area contributed by atoms with Gasteiger partial charge in [0.05, 0.1) is 23.5 Å². The fraction of sp³-hybridized carbons (Fsp3) is 0.143. The molecule has 2 aromatic rings. The highest BCUT2D eigenvalue weighted by molar-refractivity contribution is 5.92. The summed E-state index contributed by atoms with van der Waals surface area (Å²) in [6.45, 7) is 2.05. The molecule has 2 heterocycles. The number of nitrogens with one attached hydrogen (secondary N) is 1. The standard InChI is InChI=1S/C14H12N4O/c1-10-11(8-15)5-6-13(18-10)14(19)17-9-12-4-2-3-7-16-12/h2-7H,9H2,1H3,(H,17,19). The third-order valence-corrected chi connectivity index (χ3v) is 2.60. The second kappa shape index (κ2) is 5.74. The van der Waals surface area contributed by atoms with E-state index in [1.165, 1.54) is 0 Å². The van der Waals surface area contributed by atoms with Gasteiger partial charge in [0.15, 0.2) is 0 Å². The van der Waals surface area contributed by atoms with Crippen LogP contribution in [0.3, 0.4) is 0 Å². The van der Waals surface area contributed by atoms with Crippen LogP contribution in [0, 0.1) is 18.3 Å². The monoisotopic (exact) mass is 252 g/mol. The van der Waals surface area contributed by atoms with Crippen molar-refractivity contribution in [2.75, 3.05) is 0 Å². The first-order chi connectivity index (χ1) is 9.20. The summed E-state index contributed by atoms with van der Waals surface area (Å²) in [6, 6.07) is 10.7. The maximum absolute atomic E-state index is 11.9. The van der Waals surface area contributed by atoms with E-state index < -0.39 is 0 Å². The van der Waals surface area contributed by atoms with Crippen LogP contribution in [-0.2, 0) is 6.54 Å². The molecule has 5 heteroatoms. The third-order valence-electron chi connectivity index (χ3n) is 2.60. The number of carbonyl (C=O) groups excluding carboxylic acids is 1. The number of hydrogen-bond acceptors (Lipinski definition) is 4. The quantitative estimate of drug-likeness (QED) is 0.899. The van der Waals surface area contributed by atoms with Gasteiger partial charge in [-0.3, -0.25) is 9.78 Å². The van der Waals surface area contributed by atoms with Crippen LogP contribution < -0.4 is 5.32 Å². The van der Waals surface area contributed by atoms with Gasteiger partial charge in [-0.25, -0.2) is 4.98 Å². The molecule has 0 radical (unpaired) electrons. The van der Waals surface area contributed by atoms with Crippen LogP contribution in [0.2, 0.25) is 0 Å². The van der Waals surface area contributed by atoms with Crippen molar-refractivity contribution in [3.8, 4) is 6.07 Å². The SMILES string of the molecule is Cc1nc(C(=O)NCc2ccccn2)ccc1C#N. The summed E-state index contributed by atoms with van der Waals surface area (Å²) in [5.74, 6) is -0.279. The summed E-state index contributed by atoms with van der Waals surface area (Å²) in [7, 11) is 0. The first-order valence-corrected chi connectivity index (χ1v) is 5.76. The summed E-state index contributed by atoms with van der Waals surface area (Å²) in [4.78, 5) is 20.1. The van der Waals surface area contributed by atoms with Crippen LogP contribution in [-0.4, -0.2) is 15.9 Å². The summed E-state index contributed by atoms with van der Waals surface area (Å²) in [6.07, 6.45) is 1.67. The Bertz CT molecular complexity index is 632. The molecule has 19 heavy (non-hydrogen) atoms. The van der Waals surface area contributed by atoms with Gasteiger partial charge in [0, 0.05) is 6.20 Å². The Hall–Kier alpha value is -2.74. The van der Waals surface area contributed by atoms with E-state index in [0.717, 1.165) is 5.69 Å². The Kier molecular flexibility index (Phi) is 3.84. The van der Waals surface area contributed by atoms with Gasteiger partial charge in [0.25, 0.3) is 5.91 Å². The average molecular weight is 252 g/mol. The molecule has 2 rings (SSSR count). The van der Waals surface area contributed by atoms with Gasteiger partial charge in [0.2, 0.25) is 0 Å². The minimum absolute atomic E-state index is 0.279. The zero-order chi connectivity index (χ0) is 13.7. The lowest BCUT2D eigenvalue weighted by molar-refractivity contribution is 0.0945.